The number of fused-ring (bicyclic) bond motifs is 1. The fraction of sp³-hybridized carbons (Fsp3) is 0.0435. The van der Waals surface area contributed by atoms with E-state index < -0.39 is 29.0 Å². The van der Waals surface area contributed by atoms with Crippen molar-refractivity contribution in [2.75, 3.05) is 6.61 Å². The minimum Gasteiger partial charge on any atom is -0.504 e. The minimum absolute atomic E-state index is 0.0436. The highest BCUT2D eigenvalue weighted by Crippen LogP contribution is 2.40. The van der Waals surface area contributed by atoms with Crippen LogP contribution in [0, 0.1) is 0 Å². The normalized spacial score (nSPS) is 11.4. The number of hydrogen-bond donors (Lipinski definition) is 4. The number of aromatic nitrogens is 1. The van der Waals surface area contributed by atoms with Crippen LogP contribution in [-0.4, -0.2) is 38.7 Å². The van der Waals surface area contributed by atoms with Crippen LogP contribution in [0.3, 0.4) is 0 Å². The van der Waals surface area contributed by atoms with Crippen LogP contribution in [-0.2, 0) is 0 Å². The molecule has 2 heterocycles. The van der Waals surface area contributed by atoms with Gasteiger partial charge >= 0.3 is 5.97 Å². The summed E-state index contributed by atoms with van der Waals surface area (Å²) in [5, 5.41) is 29.8. The molecule has 7 nitrogen and oxygen atoms in total. The fourth-order valence-corrected chi connectivity index (χ4v) is 3.41. The third kappa shape index (κ3) is 3.17. The standard InChI is InChI=1S/C23H17NO6/c25-11-5-9-14-8-4-10-15-16(12-24-18(14)15)19(26)22-20(27)17(21(30-22)23(28)29)13-6-2-1-3-7-13/h1-10,12,24-25,27H,11H2,(H,28,29). The summed E-state index contributed by atoms with van der Waals surface area (Å²) >= 11 is 0. The zero-order valence-corrected chi connectivity index (χ0v) is 15.6. The number of aliphatic hydroxyl groups excluding tert-OH is 1. The molecule has 0 aliphatic carbocycles. The van der Waals surface area contributed by atoms with Crippen molar-refractivity contribution in [3.8, 4) is 16.9 Å². The van der Waals surface area contributed by atoms with Crippen LogP contribution >= 0.6 is 0 Å². The third-order valence-electron chi connectivity index (χ3n) is 4.74. The van der Waals surface area contributed by atoms with E-state index in [1.165, 1.54) is 6.20 Å². The molecule has 0 spiro atoms. The van der Waals surface area contributed by atoms with Crippen molar-refractivity contribution < 1.29 is 29.3 Å². The largest absolute Gasteiger partial charge is 0.504 e. The summed E-state index contributed by atoms with van der Waals surface area (Å²) in [6.45, 7) is -0.122. The van der Waals surface area contributed by atoms with Gasteiger partial charge in [-0.25, -0.2) is 4.79 Å². The number of rotatable bonds is 6. The van der Waals surface area contributed by atoms with Gasteiger partial charge in [-0.05, 0) is 11.1 Å². The van der Waals surface area contributed by atoms with Crippen molar-refractivity contribution in [2.45, 2.75) is 0 Å². The van der Waals surface area contributed by atoms with E-state index >= 15 is 0 Å². The number of para-hydroxylation sites is 1. The van der Waals surface area contributed by atoms with E-state index in [9.17, 15) is 19.8 Å². The van der Waals surface area contributed by atoms with E-state index in [0.717, 1.165) is 5.56 Å². The van der Waals surface area contributed by atoms with Crippen molar-refractivity contribution in [1.82, 2.24) is 4.98 Å². The molecular weight excluding hydrogens is 386 g/mol. The first-order valence-electron chi connectivity index (χ1n) is 9.09. The Balaban J connectivity index is 1.85. The molecule has 0 bridgehead atoms. The smallest absolute Gasteiger partial charge is 0.372 e. The van der Waals surface area contributed by atoms with Gasteiger partial charge in [-0.1, -0.05) is 60.7 Å². The molecule has 0 radical (unpaired) electrons. The average Bonchev–Trinajstić information content (AvgIpc) is 3.34. The molecule has 30 heavy (non-hydrogen) atoms. The number of benzene rings is 2. The van der Waals surface area contributed by atoms with Crippen LogP contribution < -0.4 is 0 Å². The summed E-state index contributed by atoms with van der Waals surface area (Å²) in [7, 11) is 0. The molecule has 4 rings (SSSR count). The summed E-state index contributed by atoms with van der Waals surface area (Å²) in [6.07, 6.45) is 4.77. The van der Waals surface area contributed by atoms with Crippen LogP contribution in [0.5, 0.6) is 5.75 Å². The highest BCUT2D eigenvalue weighted by Gasteiger charge is 2.30. The topological polar surface area (TPSA) is 124 Å². The van der Waals surface area contributed by atoms with E-state index in [-0.39, 0.29) is 17.7 Å². The van der Waals surface area contributed by atoms with Crippen LogP contribution in [0.2, 0.25) is 0 Å². The van der Waals surface area contributed by atoms with E-state index in [1.54, 1.807) is 54.6 Å². The number of nitrogens with one attached hydrogen (secondary N) is 1. The summed E-state index contributed by atoms with van der Waals surface area (Å²) in [5.74, 6) is -3.50. The molecule has 0 aliphatic heterocycles. The lowest BCUT2D eigenvalue weighted by atomic mass is 10.0. The summed E-state index contributed by atoms with van der Waals surface area (Å²) in [4.78, 5) is 27.9. The van der Waals surface area contributed by atoms with Gasteiger partial charge in [-0.3, -0.25) is 4.79 Å². The van der Waals surface area contributed by atoms with Crippen molar-refractivity contribution in [2.24, 2.45) is 0 Å². The van der Waals surface area contributed by atoms with Crippen molar-refractivity contribution in [3.63, 3.8) is 0 Å². The molecule has 4 aromatic rings. The van der Waals surface area contributed by atoms with Crippen molar-refractivity contribution in [3.05, 3.63) is 83.5 Å². The lowest BCUT2D eigenvalue weighted by Crippen LogP contribution is -1.99. The van der Waals surface area contributed by atoms with Gasteiger partial charge in [0.15, 0.2) is 5.75 Å². The number of ketones is 1. The Morgan fingerprint density at radius 2 is 1.80 bits per heavy atom. The van der Waals surface area contributed by atoms with Gasteiger partial charge in [0.25, 0.3) is 0 Å². The van der Waals surface area contributed by atoms with Gasteiger partial charge in [-0.2, -0.15) is 0 Å². The summed E-state index contributed by atoms with van der Waals surface area (Å²) < 4.78 is 5.33. The Morgan fingerprint density at radius 3 is 2.50 bits per heavy atom. The molecule has 2 aromatic heterocycles. The number of aliphatic hydroxyl groups is 1. The Labute approximate surface area is 170 Å². The van der Waals surface area contributed by atoms with Gasteiger partial charge in [0.1, 0.15) is 0 Å². The lowest BCUT2D eigenvalue weighted by molar-refractivity contribution is 0.0661. The number of carbonyl (C=O) groups is 2. The molecule has 0 atom stereocenters. The molecule has 2 aromatic carbocycles. The Bertz CT molecular complexity index is 1280. The Morgan fingerprint density at radius 1 is 1.03 bits per heavy atom. The maximum absolute atomic E-state index is 13.2. The zero-order chi connectivity index (χ0) is 21.3. The Kier molecular flexibility index (Phi) is 4.95. The number of hydrogen-bond acceptors (Lipinski definition) is 5. The van der Waals surface area contributed by atoms with Crippen LogP contribution in [0.1, 0.15) is 32.2 Å². The molecule has 0 fully saturated rings. The van der Waals surface area contributed by atoms with Crippen molar-refractivity contribution >= 4 is 28.7 Å². The zero-order valence-electron chi connectivity index (χ0n) is 15.6. The number of carboxylic acids is 1. The highest BCUT2D eigenvalue weighted by molar-refractivity contribution is 6.18. The number of aromatic carboxylic acids is 1. The van der Waals surface area contributed by atoms with Crippen LogP contribution in [0.25, 0.3) is 28.1 Å². The molecule has 150 valence electrons. The number of H-pyrrole nitrogens is 1. The molecule has 0 aliphatic rings. The first-order valence-corrected chi connectivity index (χ1v) is 9.09. The average molecular weight is 403 g/mol. The predicted molar refractivity (Wildman–Crippen MR) is 111 cm³/mol. The fourth-order valence-electron chi connectivity index (χ4n) is 3.41. The van der Waals surface area contributed by atoms with Crippen LogP contribution in [0.15, 0.2) is 65.2 Å². The molecule has 0 saturated heterocycles. The number of aromatic amines is 1. The van der Waals surface area contributed by atoms with Gasteiger partial charge in [0, 0.05) is 11.6 Å². The second-order valence-electron chi connectivity index (χ2n) is 6.54. The molecule has 0 amide bonds. The lowest BCUT2D eigenvalue weighted by Gasteiger charge is -2.01. The second kappa shape index (κ2) is 7.73. The molecule has 4 N–H and O–H groups in total. The monoisotopic (exact) mass is 403 g/mol. The van der Waals surface area contributed by atoms with E-state index in [4.69, 9.17) is 9.52 Å². The Hall–Kier alpha value is -4.10. The molecular formula is C23H17NO6. The second-order valence-corrected chi connectivity index (χ2v) is 6.54. The van der Waals surface area contributed by atoms with Crippen LogP contribution in [0.4, 0.5) is 0 Å². The van der Waals surface area contributed by atoms with E-state index in [0.29, 0.717) is 16.5 Å². The highest BCUT2D eigenvalue weighted by atomic mass is 16.4. The summed E-state index contributed by atoms with van der Waals surface area (Å²) in [5.41, 5.74) is 2.03. The predicted octanol–water partition coefficient (Wildman–Crippen LogP) is 4.07. The molecule has 0 unspecified atom stereocenters. The number of carboxylic acid groups (broad SMARTS) is 1. The van der Waals surface area contributed by atoms with E-state index in [2.05, 4.69) is 4.98 Å². The van der Waals surface area contributed by atoms with Crippen molar-refractivity contribution in [1.29, 1.82) is 0 Å². The van der Waals surface area contributed by atoms with E-state index in [1.807, 2.05) is 6.07 Å². The van der Waals surface area contributed by atoms with Gasteiger partial charge in [0.2, 0.25) is 17.3 Å². The van der Waals surface area contributed by atoms with Gasteiger partial charge in [-0.15, -0.1) is 0 Å². The quantitative estimate of drug-likeness (QED) is 0.360. The maximum atomic E-state index is 13.2. The third-order valence-corrected chi connectivity index (χ3v) is 4.74. The number of furan rings is 1. The molecule has 0 saturated carbocycles. The van der Waals surface area contributed by atoms with Gasteiger partial charge in [0.05, 0.1) is 23.3 Å². The first-order chi connectivity index (χ1) is 14.5. The van der Waals surface area contributed by atoms with Gasteiger partial charge < -0.3 is 24.7 Å². The molecule has 7 heteroatoms. The minimum atomic E-state index is -1.39. The number of carbonyl (C=O) groups excluding carboxylic acids is 1. The maximum Gasteiger partial charge on any atom is 0.372 e. The SMILES string of the molecule is O=C(O)c1oc(C(=O)c2c[nH]c3c(C=CCO)cccc23)c(O)c1-c1ccccc1. The number of aromatic hydroxyl groups is 1. The summed E-state index contributed by atoms with van der Waals surface area (Å²) in [6, 6.07) is 13.7. The first kappa shape index (κ1) is 19.2.